The minimum atomic E-state index is -1.25. The second-order valence-corrected chi connectivity index (χ2v) is 12.8. The molecule has 3 aromatic rings. The minimum absolute atomic E-state index is 1.01. The van der Waals surface area contributed by atoms with Crippen LogP contribution in [0.25, 0.3) is 22.6 Å². The summed E-state index contributed by atoms with van der Waals surface area (Å²) in [6.45, 7) is 5.75. The van der Waals surface area contributed by atoms with E-state index in [1.165, 1.54) is 68.1 Å². The van der Waals surface area contributed by atoms with E-state index in [1.54, 1.807) is 4.94 Å². The third kappa shape index (κ3) is 6.27. The lowest BCUT2D eigenvalue weighted by Crippen LogP contribution is -2.03. The Balaban J connectivity index is 2.32. The molecule has 0 fully saturated rings. The van der Waals surface area contributed by atoms with E-state index in [9.17, 15) is 0 Å². The molecule has 0 aliphatic carbocycles. The van der Waals surface area contributed by atoms with Crippen LogP contribution in [0, 0.1) is 4.94 Å². The summed E-state index contributed by atoms with van der Waals surface area (Å²) in [5.41, 5.74) is 2.34. The molecule has 0 N–H and O–H groups in total. The second-order valence-electron chi connectivity index (χ2n) is 8.65. The lowest BCUT2D eigenvalue weighted by molar-refractivity contribution is 0.581. The molecule has 0 bridgehead atoms. The molecular weight excluding hydrogens is 395 g/mol. The van der Waals surface area contributed by atoms with Gasteiger partial charge in [-0.3, -0.25) is 0 Å². The predicted molar refractivity (Wildman–Crippen MR) is 139 cm³/mol. The first-order valence-electron chi connectivity index (χ1n) is 12.2. The van der Waals surface area contributed by atoms with Gasteiger partial charge in [-0.25, -0.2) is 0 Å². The van der Waals surface area contributed by atoms with E-state index < -0.39 is 6.89 Å². The summed E-state index contributed by atoms with van der Waals surface area (Å²) in [6.07, 6.45) is 11.9. The monoisotopic (exact) mass is 434 g/mol. The maximum Gasteiger partial charge on any atom is 0.135 e. The smallest absolute Gasteiger partial charge is 0.135 e. The average Bonchev–Trinajstić information content (AvgIpc) is 2.84. The van der Waals surface area contributed by atoms with Crippen LogP contribution < -0.4 is 0 Å². The average molecular weight is 435 g/mol. The van der Waals surface area contributed by atoms with Crippen LogP contribution in [0.2, 0.25) is 0 Å². The zero-order chi connectivity index (χ0) is 21.9. The Bertz CT molecular complexity index is 912. The van der Waals surface area contributed by atoms with Gasteiger partial charge in [0.25, 0.3) is 0 Å². The van der Waals surface area contributed by atoms with Crippen LogP contribution in [0.5, 0.6) is 0 Å². The first kappa shape index (κ1) is 23.7. The SMILES string of the molecule is CCCCP(CCCC)(CCCC)=c1cc(-c2ccccc2)oc(-c2ccccc2)c1. The summed E-state index contributed by atoms with van der Waals surface area (Å²) in [6, 6.07) is 26.0. The van der Waals surface area contributed by atoms with E-state index in [2.05, 4.69) is 93.6 Å². The maximum atomic E-state index is 6.52. The van der Waals surface area contributed by atoms with Gasteiger partial charge in [-0.05, 0) is 54.8 Å². The summed E-state index contributed by atoms with van der Waals surface area (Å²) in [5, 5.41) is 0. The quantitative estimate of drug-likeness (QED) is 0.274. The molecule has 2 heteroatoms. The van der Waals surface area contributed by atoms with E-state index in [4.69, 9.17) is 4.42 Å². The molecule has 0 saturated heterocycles. The maximum absolute atomic E-state index is 6.52. The molecule has 0 aliphatic heterocycles. The van der Waals surface area contributed by atoms with E-state index in [-0.39, 0.29) is 0 Å². The van der Waals surface area contributed by atoms with Crippen molar-refractivity contribution in [1.82, 2.24) is 0 Å². The van der Waals surface area contributed by atoms with Crippen LogP contribution in [0.1, 0.15) is 59.3 Å². The zero-order valence-electron chi connectivity index (χ0n) is 19.6. The van der Waals surface area contributed by atoms with Crippen LogP contribution in [0.3, 0.4) is 0 Å². The third-order valence-electron chi connectivity index (χ3n) is 6.26. The Morgan fingerprint density at radius 3 is 1.32 bits per heavy atom. The molecule has 0 saturated carbocycles. The van der Waals surface area contributed by atoms with Gasteiger partial charge in [0, 0.05) is 11.1 Å². The van der Waals surface area contributed by atoms with Crippen molar-refractivity contribution in [3.05, 3.63) is 77.7 Å². The van der Waals surface area contributed by atoms with Crippen molar-refractivity contribution >= 4 is 6.89 Å². The summed E-state index contributed by atoms with van der Waals surface area (Å²) in [5.74, 6) is 2.01. The molecule has 0 atom stereocenters. The molecule has 1 heterocycles. The molecule has 3 rings (SSSR count). The predicted octanol–water partition coefficient (Wildman–Crippen LogP) is 9.56. The Kier molecular flexibility index (Phi) is 9.29. The van der Waals surface area contributed by atoms with Gasteiger partial charge in [0.1, 0.15) is 11.5 Å². The molecule has 0 aliphatic rings. The Hall–Kier alpha value is -1.98. The van der Waals surface area contributed by atoms with Crippen molar-refractivity contribution in [1.29, 1.82) is 0 Å². The Morgan fingerprint density at radius 1 is 0.581 bits per heavy atom. The molecule has 0 amide bonds. The highest BCUT2D eigenvalue weighted by atomic mass is 31.2. The molecule has 166 valence electrons. The molecular formula is C29H39OP. The molecule has 0 radical (unpaired) electrons. The molecule has 0 unspecified atom stereocenters. The number of rotatable bonds is 11. The number of hydrogen-bond acceptors (Lipinski definition) is 1. The third-order valence-corrected chi connectivity index (χ3v) is 11.1. The zero-order valence-corrected chi connectivity index (χ0v) is 20.5. The van der Waals surface area contributed by atoms with Gasteiger partial charge >= 0.3 is 0 Å². The summed E-state index contributed by atoms with van der Waals surface area (Å²) in [7, 11) is 0. The lowest BCUT2D eigenvalue weighted by atomic mass is 10.1. The number of hydrogen-bond donors (Lipinski definition) is 0. The van der Waals surface area contributed by atoms with Crippen molar-refractivity contribution in [2.24, 2.45) is 0 Å². The van der Waals surface area contributed by atoms with Gasteiger partial charge < -0.3 is 4.42 Å². The molecule has 31 heavy (non-hydrogen) atoms. The van der Waals surface area contributed by atoms with Gasteiger partial charge in [0.05, 0.1) is 0 Å². The highest BCUT2D eigenvalue weighted by Gasteiger charge is 2.19. The van der Waals surface area contributed by atoms with Crippen molar-refractivity contribution in [2.75, 3.05) is 18.5 Å². The van der Waals surface area contributed by atoms with Crippen molar-refractivity contribution in [2.45, 2.75) is 59.3 Å². The van der Waals surface area contributed by atoms with E-state index >= 15 is 0 Å². The van der Waals surface area contributed by atoms with Crippen molar-refractivity contribution in [3.63, 3.8) is 0 Å². The van der Waals surface area contributed by atoms with Crippen LogP contribution in [-0.4, -0.2) is 18.5 Å². The fourth-order valence-electron chi connectivity index (χ4n) is 4.36. The molecule has 1 aromatic heterocycles. The van der Waals surface area contributed by atoms with Gasteiger partial charge in [0.15, 0.2) is 0 Å². The standard InChI is InChI=1S/C29H39OP/c1-4-7-20-31(21-8-5-2,22-9-6-3)27-23-28(25-16-12-10-13-17-25)30-29(24-27)26-18-14-11-15-19-26/h10-19,23-24H,4-9,20-22H2,1-3H3. The first-order valence-corrected chi connectivity index (χ1v) is 14.5. The summed E-state index contributed by atoms with van der Waals surface area (Å²) < 4.78 is 6.52. The van der Waals surface area contributed by atoms with Crippen LogP contribution in [-0.2, 0) is 0 Å². The van der Waals surface area contributed by atoms with E-state index in [0.717, 1.165) is 11.5 Å². The summed E-state index contributed by atoms with van der Waals surface area (Å²) in [4.78, 5) is 1.58. The highest BCUT2D eigenvalue weighted by Crippen LogP contribution is 2.54. The number of benzene rings is 2. The Morgan fingerprint density at radius 2 is 0.968 bits per heavy atom. The fourth-order valence-corrected chi connectivity index (χ4v) is 9.35. The van der Waals surface area contributed by atoms with Crippen LogP contribution >= 0.6 is 6.89 Å². The minimum Gasteiger partial charge on any atom is -0.456 e. The number of unbranched alkanes of at least 4 members (excludes halogenated alkanes) is 3. The second kappa shape index (κ2) is 12.2. The summed E-state index contributed by atoms with van der Waals surface area (Å²) >= 11 is 0. The molecule has 2 aromatic carbocycles. The van der Waals surface area contributed by atoms with Crippen molar-refractivity contribution in [3.8, 4) is 22.6 Å². The van der Waals surface area contributed by atoms with Gasteiger partial charge in [0.2, 0.25) is 0 Å². The topological polar surface area (TPSA) is 13.1 Å². The highest BCUT2D eigenvalue weighted by molar-refractivity contribution is 7.68. The first-order chi connectivity index (χ1) is 15.2. The normalized spacial score (nSPS) is 11.6. The largest absolute Gasteiger partial charge is 0.456 e. The van der Waals surface area contributed by atoms with Crippen LogP contribution in [0.15, 0.2) is 77.2 Å². The van der Waals surface area contributed by atoms with Crippen molar-refractivity contribution < 1.29 is 4.42 Å². The van der Waals surface area contributed by atoms with Crippen LogP contribution in [0.4, 0.5) is 0 Å². The lowest BCUT2D eigenvalue weighted by Gasteiger charge is -2.27. The Labute approximate surface area is 189 Å². The molecule has 1 nitrogen and oxygen atoms in total. The van der Waals surface area contributed by atoms with Gasteiger partial charge in [-0.2, -0.15) is 0 Å². The van der Waals surface area contributed by atoms with Gasteiger partial charge in [-0.1, -0.05) is 108 Å². The molecule has 0 spiro atoms. The van der Waals surface area contributed by atoms with Gasteiger partial charge in [-0.15, -0.1) is 0 Å². The van der Waals surface area contributed by atoms with E-state index in [1.807, 2.05) is 0 Å². The fraction of sp³-hybridized carbons (Fsp3) is 0.414. The van der Waals surface area contributed by atoms with E-state index in [0.29, 0.717) is 0 Å².